The average Bonchev–Trinajstić information content (AvgIpc) is 3.16. The summed E-state index contributed by atoms with van der Waals surface area (Å²) in [6.07, 6.45) is -2.94. The van der Waals surface area contributed by atoms with Crippen LogP contribution < -0.4 is 0 Å². The highest BCUT2D eigenvalue weighted by Crippen LogP contribution is 2.29. The number of thiophene rings is 1. The summed E-state index contributed by atoms with van der Waals surface area (Å²) in [5.41, 5.74) is 2.55. The summed E-state index contributed by atoms with van der Waals surface area (Å²) in [7, 11) is 3.76. The Balaban J connectivity index is 0.000000298. The summed E-state index contributed by atoms with van der Waals surface area (Å²) in [4.78, 5) is 12.8. The molecular formula is C16H20F3N3O3S. The number of aromatic nitrogens is 2. The Labute approximate surface area is 152 Å². The van der Waals surface area contributed by atoms with Crippen LogP contribution in [-0.4, -0.2) is 52.2 Å². The Morgan fingerprint density at radius 3 is 2.73 bits per heavy atom. The van der Waals surface area contributed by atoms with E-state index in [1.165, 1.54) is 16.1 Å². The van der Waals surface area contributed by atoms with E-state index >= 15 is 0 Å². The SMILES string of the molecule is COCC1CN(Cc2cccs2)Cc2nn(C)cc21.O=C(O)C(F)(F)F. The van der Waals surface area contributed by atoms with E-state index in [2.05, 4.69) is 33.7 Å². The third-order valence-electron chi connectivity index (χ3n) is 3.80. The molecule has 1 atom stereocenters. The number of carboxylic acids is 1. The molecule has 0 radical (unpaired) electrons. The van der Waals surface area contributed by atoms with Crippen LogP contribution in [0.4, 0.5) is 13.2 Å². The van der Waals surface area contributed by atoms with Crippen molar-refractivity contribution in [2.45, 2.75) is 25.2 Å². The van der Waals surface area contributed by atoms with Crippen molar-refractivity contribution in [3.63, 3.8) is 0 Å². The fourth-order valence-electron chi connectivity index (χ4n) is 2.79. The molecule has 0 spiro atoms. The number of carbonyl (C=O) groups is 1. The van der Waals surface area contributed by atoms with E-state index in [4.69, 9.17) is 14.6 Å². The summed E-state index contributed by atoms with van der Waals surface area (Å²) in [6.45, 7) is 3.76. The first-order valence-electron chi connectivity index (χ1n) is 7.77. The Morgan fingerprint density at radius 2 is 2.19 bits per heavy atom. The summed E-state index contributed by atoms with van der Waals surface area (Å²) >= 11 is 1.82. The molecule has 144 valence electrons. The van der Waals surface area contributed by atoms with Crippen LogP contribution in [0.3, 0.4) is 0 Å². The molecule has 0 amide bonds. The van der Waals surface area contributed by atoms with E-state index in [1.807, 2.05) is 23.1 Å². The van der Waals surface area contributed by atoms with Crippen molar-refractivity contribution in [1.82, 2.24) is 14.7 Å². The number of nitrogens with zero attached hydrogens (tertiary/aromatic N) is 3. The number of methoxy groups -OCH3 is 1. The molecule has 1 unspecified atom stereocenters. The van der Waals surface area contributed by atoms with Gasteiger partial charge in [0.2, 0.25) is 0 Å². The molecule has 0 aliphatic carbocycles. The van der Waals surface area contributed by atoms with Gasteiger partial charge in [-0.25, -0.2) is 4.79 Å². The van der Waals surface area contributed by atoms with Crippen LogP contribution in [-0.2, 0) is 29.7 Å². The second-order valence-electron chi connectivity index (χ2n) is 5.91. The number of ether oxygens (including phenoxy) is 1. The van der Waals surface area contributed by atoms with Crippen LogP contribution in [0.5, 0.6) is 0 Å². The lowest BCUT2D eigenvalue weighted by molar-refractivity contribution is -0.192. The minimum absolute atomic E-state index is 0.433. The number of fused-ring (bicyclic) bond motifs is 1. The molecule has 0 bridgehead atoms. The van der Waals surface area contributed by atoms with Gasteiger partial charge in [-0.3, -0.25) is 9.58 Å². The quantitative estimate of drug-likeness (QED) is 0.868. The van der Waals surface area contributed by atoms with Gasteiger partial charge >= 0.3 is 12.1 Å². The fraction of sp³-hybridized carbons (Fsp3) is 0.500. The van der Waals surface area contributed by atoms with Crippen molar-refractivity contribution >= 4 is 17.3 Å². The molecule has 0 aromatic carbocycles. The molecule has 1 aliphatic rings. The van der Waals surface area contributed by atoms with E-state index in [0.717, 1.165) is 26.2 Å². The number of carboxylic acid groups (broad SMARTS) is 1. The minimum Gasteiger partial charge on any atom is -0.475 e. The smallest absolute Gasteiger partial charge is 0.475 e. The molecule has 1 N–H and O–H groups in total. The van der Waals surface area contributed by atoms with E-state index in [0.29, 0.717) is 5.92 Å². The normalized spacial score (nSPS) is 17.3. The van der Waals surface area contributed by atoms with Gasteiger partial charge in [0.25, 0.3) is 0 Å². The molecule has 3 heterocycles. The van der Waals surface area contributed by atoms with Crippen LogP contribution in [0.2, 0.25) is 0 Å². The molecule has 6 nitrogen and oxygen atoms in total. The van der Waals surface area contributed by atoms with Crippen molar-refractivity contribution in [2.24, 2.45) is 7.05 Å². The van der Waals surface area contributed by atoms with Crippen LogP contribution in [0.1, 0.15) is 22.1 Å². The zero-order chi connectivity index (χ0) is 19.3. The summed E-state index contributed by atoms with van der Waals surface area (Å²) in [5, 5.41) is 13.8. The third kappa shape index (κ3) is 5.55. The Kier molecular flexibility index (Phi) is 6.79. The number of hydrogen-bond acceptors (Lipinski definition) is 5. The Bertz CT molecular complexity index is 716. The number of rotatable bonds is 4. The molecule has 26 heavy (non-hydrogen) atoms. The highest BCUT2D eigenvalue weighted by molar-refractivity contribution is 7.09. The van der Waals surface area contributed by atoms with E-state index in [-0.39, 0.29) is 0 Å². The summed E-state index contributed by atoms with van der Waals surface area (Å²) < 4.78 is 39.0. The molecule has 3 rings (SSSR count). The lowest BCUT2D eigenvalue weighted by atomic mass is 9.96. The average molecular weight is 391 g/mol. The maximum atomic E-state index is 10.6. The maximum Gasteiger partial charge on any atom is 0.490 e. The first-order chi connectivity index (χ1) is 12.2. The van der Waals surface area contributed by atoms with Crippen molar-refractivity contribution in [3.05, 3.63) is 39.8 Å². The Hall–Kier alpha value is -1.91. The van der Waals surface area contributed by atoms with Gasteiger partial charge in [0.1, 0.15) is 0 Å². The van der Waals surface area contributed by atoms with Gasteiger partial charge < -0.3 is 9.84 Å². The lowest BCUT2D eigenvalue weighted by Crippen LogP contribution is -2.34. The number of aliphatic carboxylic acids is 1. The van der Waals surface area contributed by atoms with Crippen molar-refractivity contribution in [3.8, 4) is 0 Å². The molecule has 0 fully saturated rings. The largest absolute Gasteiger partial charge is 0.490 e. The second-order valence-corrected chi connectivity index (χ2v) is 6.94. The van der Waals surface area contributed by atoms with Gasteiger partial charge in [-0.1, -0.05) is 6.07 Å². The summed E-state index contributed by atoms with van der Waals surface area (Å²) in [5.74, 6) is -2.32. The van der Waals surface area contributed by atoms with Crippen molar-refractivity contribution < 1.29 is 27.8 Å². The zero-order valence-corrected chi connectivity index (χ0v) is 15.2. The van der Waals surface area contributed by atoms with Gasteiger partial charge in [-0.05, 0) is 11.4 Å². The van der Waals surface area contributed by atoms with E-state index in [9.17, 15) is 13.2 Å². The zero-order valence-electron chi connectivity index (χ0n) is 14.4. The maximum absolute atomic E-state index is 10.6. The van der Waals surface area contributed by atoms with Gasteiger partial charge in [-0.15, -0.1) is 11.3 Å². The topological polar surface area (TPSA) is 67.6 Å². The highest BCUT2D eigenvalue weighted by Gasteiger charge is 2.38. The number of halogens is 3. The second kappa shape index (κ2) is 8.65. The first kappa shape index (κ1) is 20.4. The van der Waals surface area contributed by atoms with Crippen LogP contribution in [0.25, 0.3) is 0 Å². The van der Waals surface area contributed by atoms with Crippen molar-refractivity contribution in [1.29, 1.82) is 0 Å². The predicted octanol–water partition coefficient (Wildman–Crippen LogP) is 2.86. The van der Waals surface area contributed by atoms with Crippen LogP contribution >= 0.6 is 11.3 Å². The van der Waals surface area contributed by atoms with Gasteiger partial charge in [-0.2, -0.15) is 18.3 Å². The van der Waals surface area contributed by atoms with E-state index in [1.54, 1.807) is 7.11 Å². The van der Waals surface area contributed by atoms with Gasteiger partial charge in [0.05, 0.1) is 12.3 Å². The van der Waals surface area contributed by atoms with Gasteiger partial charge in [0, 0.05) is 56.3 Å². The molecule has 2 aromatic rings. The molecular weight excluding hydrogens is 371 g/mol. The van der Waals surface area contributed by atoms with Crippen LogP contribution in [0, 0.1) is 0 Å². The summed E-state index contributed by atoms with van der Waals surface area (Å²) in [6, 6.07) is 4.31. The molecule has 0 saturated heterocycles. The van der Waals surface area contributed by atoms with E-state index < -0.39 is 12.1 Å². The minimum atomic E-state index is -5.08. The molecule has 10 heteroatoms. The third-order valence-corrected chi connectivity index (χ3v) is 4.66. The monoisotopic (exact) mass is 391 g/mol. The fourth-order valence-corrected chi connectivity index (χ4v) is 3.54. The number of hydrogen-bond donors (Lipinski definition) is 1. The molecule has 2 aromatic heterocycles. The first-order valence-corrected chi connectivity index (χ1v) is 8.65. The molecule has 1 aliphatic heterocycles. The number of alkyl halides is 3. The Morgan fingerprint density at radius 1 is 1.50 bits per heavy atom. The lowest BCUT2D eigenvalue weighted by Gasteiger charge is -2.31. The van der Waals surface area contributed by atoms with Crippen LogP contribution in [0.15, 0.2) is 23.7 Å². The highest BCUT2D eigenvalue weighted by atomic mass is 32.1. The molecule has 0 saturated carbocycles. The standard InChI is InChI=1S/C14H19N3OS.C2HF3O2/c1-16-8-13-11(10-18-2)6-17(9-14(13)15-16)7-12-4-3-5-19-12;3-2(4,5)1(6)7/h3-5,8,11H,6-7,9-10H2,1-2H3;(H,6,7). The van der Waals surface area contributed by atoms with Crippen molar-refractivity contribution in [2.75, 3.05) is 20.3 Å². The predicted molar refractivity (Wildman–Crippen MR) is 89.9 cm³/mol. The van der Waals surface area contributed by atoms with Gasteiger partial charge in [0.15, 0.2) is 0 Å². The number of aryl methyl sites for hydroxylation is 1.